The van der Waals surface area contributed by atoms with Crippen molar-refractivity contribution in [2.24, 2.45) is 0 Å². The van der Waals surface area contributed by atoms with Gasteiger partial charge in [0, 0.05) is 43.5 Å². The fourth-order valence-electron chi connectivity index (χ4n) is 3.58. The van der Waals surface area contributed by atoms with Crippen LogP contribution in [0, 0.1) is 0 Å². The normalized spacial score (nSPS) is 10.9. The number of aromatic nitrogens is 5. The largest absolute Gasteiger partial charge is 0.481 e. The molecule has 4 heterocycles. The number of alkyl halides is 6. The molecule has 2 aromatic carbocycles. The monoisotopic (exact) mass is 815 g/mol. The molecule has 6 rings (SSSR count). The first-order chi connectivity index (χ1) is 23.6. The highest BCUT2D eigenvalue weighted by Crippen LogP contribution is 2.30. The van der Waals surface area contributed by atoms with E-state index in [-0.39, 0.29) is 24.3 Å². The van der Waals surface area contributed by atoms with Gasteiger partial charge in [0.05, 0.1) is 21.2 Å². The molecule has 4 N–H and O–H groups in total. The van der Waals surface area contributed by atoms with Crippen molar-refractivity contribution in [3.05, 3.63) is 101 Å². The van der Waals surface area contributed by atoms with Gasteiger partial charge in [-0.25, -0.2) is 14.2 Å². The Morgan fingerprint density at radius 3 is 1.90 bits per heavy atom. The minimum absolute atomic E-state index is 0. The Kier molecular flexibility index (Phi) is 14.5. The van der Waals surface area contributed by atoms with Crippen molar-refractivity contribution >= 4 is 84.1 Å². The number of H-pyrrole nitrogens is 1. The Bertz CT molecular complexity index is 2320. The first kappa shape index (κ1) is 43.2. The van der Waals surface area contributed by atoms with E-state index in [0.717, 1.165) is 38.9 Å². The molecule has 0 fully saturated rings. The van der Waals surface area contributed by atoms with Crippen molar-refractivity contribution in [1.29, 1.82) is 0 Å². The van der Waals surface area contributed by atoms with Crippen LogP contribution in [0.4, 0.5) is 38.0 Å². The van der Waals surface area contributed by atoms with Crippen molar-refractivity contribution < 1.29 is 40.7 Å². The van der Waals surface area contributed by atoms with Gasteiger partial charge in [-0.05, 0) is 59.5 Å². The van der Waals surface area contributed by atoms with Crippen LogP contribution in [0.1, 0.15) is 25.7 Å². The van der Waals surface area contributed by atoms with Gasteiger partial charge in [-0.1, -0.05) is 30.6 Å². The van der Waals surface area contributed by atoms with E-state index in [4.69, 9.17) is 38.8 Å². The lowest BCUT2D eigenvalue weighted by Crippen LogP contribution is -2.35. The van der Waals surface area contributed by atoms with Crippen molar-refractivity contribution in [2.45, 2.75) is 26.7 Å². The third-order valence-electron chi connectivity index (χ3n) is 5.69. The Labute approximate surface area is 305 Å². The first-order valence-electron chi connectivity index (χ1n) is 13.3. The van der Waals surface area contributed by atoms with E-state index >= 15 is 0 Å². The average molecular weight is 817 g/mol. The summed E-state index contributed by atoms with van der Waals surface area (Å²) in [6.07, 6.45) is -9.44. The van der Waals surface area contributed by atoms with Crippen LogP contribution >= 0.6 is 46.3 Å². The smallest absolute Gasteiger partial charge is 0.433 e. The summed E-state index contributed by atoms with van der Waals surface area (Å²) in [5, 5.41) is 9.60. The Hall–Kier alpha value is -4.99. The number of hydrogen-bond acceptors (Lipinski definition) is 12. The number of nitrogen functional groups attached to an aromatic ring is 1. The molecule has 280 valence electrons. The molecule has 0 amide bonds. The van der Waals surface area contributed by atoms with Crippen LogP contribution in [0.15, 0.2) is 67.3 Å². The minimum Gasteiger partial charge on any atom is -0.481 e. The second-order valence-electron chi connectivity index (χ2n) is 9.80. The maximum atomic E-state index is 12.6. The summed E-state index contributed by atoms with van der Waals surface area (Å²) in [5.74, 6) is -0.833. The number of nitrogens with zero attached hydrogens (tertiary/aromatic N) is 5. The van der Waals surface area contributed by atoms with Crippen LogP contribution in [-0.2, 0) is 17.1 Å². The summed E-state index contributed by atoms with van der Waals surface area (Å²) in [6, 6.07) is 10.3. The number of hydrogen-bond donors (Lipinski definition) is 3. The number of nitrogens with two attached hydrogens (primary N) is 1. The van der Waals surface area contributed by atoms with E-state index in [1.165, 1.54) is 42.7 Å². The molecule has 0 aliphatic rings. The predicted molar refractivity (Wildman–Crippen MR) is 187 cm³/mol. The number of anilines is 2. The minimum atomic E-state index is -4.80. The van der Waals surface area contributed by atoms with Gasteiger partial charge >= 0.3 is 23.7 Å². The van der Waals surface area contributed by atoms with E-state index < -0.39 is 46.6 Å². The molecule has 4 aromatic heterocycles. The SMILES string of the molecule is C.CC(=O)O.CN(C)c1nc(C(F)(F)F)cc(=O)o1.Nc1ccc2snc(Cl)c2c1.O=c1cc(C(F)(F)F)[nH]c(=O)n1-c1ccc2snc(Cl)c2c1. The van der Waals surface area contributed by atoms with Crippen LogP contribution in [-0.4, -0.2) is 48.5 Å². The maximum absolute atomic E-state index is 12.6. The van der Waals surface area contributed by atoms with Gasteiger partial charge in [0.15, 0.2) is 16.0 Å². The summed E-state index contributed by atoms with van der Waals surface area (Å²) in [7, 11) is 2.84. The number of carbonyl (C=O) groups is 1. The molecule has 0 atom stereocenters. The standard InChI is InChI=1S/C12H5ClF3N3O2S.C7H5ClN2S.C7H7F3N2O2.C2H4O2.CH4/c13-10-6-3-5(1-2-7(6)22-18-10)19-9(20)4-8(12(14,15)16)17-11(19)21;8-7-5-3-4(9)1-2-6(5)11-10-7;1-12(2)6-11-4(7(8,9)10)3-5(13)14-6;1-2(3)4;/h1-4H,(H,17,21);1-3H,9H2;3H,1-2H3;1H3,(H,3,4);1H4. The van der Waals surface area contributed by atoms with E-state index in [9.17, 15) is 40.7 Å². The molecule has 0 radical (unpaired) electrons. The molecule has 0 saturated carbocycles. The summed E-state index contributed by atoms with van der Waals surface area (Å²) in [5.41, 5.74) is 0.409. The summed E-state index contributed by atoms with van der Waals surface area (Å²) in [4.78, 5) is 49.4. The molecule has 6 aromatic rings. The number of aliphatic carboxylic acids is 1. The highest BCUT2D eigenvalue weighted by Gasteiger charge is 2.34. The third kappa shape index (κ3) is 11.5. The predicted octanol–water partition coefficient (Wildman–Crippen LogP) is 7.19. The summed E-state index contributed by atoms with van der Waals surface area (Å²) >= 11 is 14.2. The number of nitrogens with one attached hydrogen (secondary N) is 1. The molecule has 0 aliphatic heterocycles. The number of aromatic amines is 1. The van der Waals surface area contributed by atoms with Crippen LogP contribution in [0.2, 0.25) is 10.3 Å². The number of carboxylic acid groups (broad SMARTS) is 1. The van der Waals surface area contributed by atoms with Gasteiger partial charge in [-0.2, -0.15) is 40.1 Å². The number of carboxylic acids is 1. The van der Waals surface area contributed by atoms with Gasteiger partial charge in [-0.15, -0.1) is 0 Å². The second kappa shape index (κ2) is 17.5. The van der Waals surface area contributed by atoms with Gasteiger partial charge in [-0.3, -0.25) is 9.59 Å². The summed E-state index contributed by atoms with van der Waals surface area (Å²) in [6.45, 7) is 1.08. The molecule has 0 unspecified atom stereocenters. The average Bonchev–Trinajstić information content (AvgIpc) is 3.57. The second-order valence-corrected chi connectivity index (χ2v) is 12.1. The lowest BCUT2D eigenvalue weighted by atomic mass is 10.2. The number of fused-ring (bicyclic) bond motifs is 2. The van der Waals surface area contributed by atoms with Crippen molar-refractivity contribution in [1.82, 2.24) is 23.3 Å². The third-order valence-corrected chi connectivity index (χ3v) is 8.12. The fourth-order valence-corrected chi connectivity index (χ4v) is 5.53. The molecular formula is C29H25Cl2F6N7O6S2. The van der Waals surface area contributed by atoms with E-state index in [0.29, 0.717) is 27.2 Å². The van der Waals surface area contributed by atoms with Crippen molar-refractivity contribution in [2.75, 3.05) is 24.7 Å². The fraction of sp³-hybridized carbons (Fsp3) is 0.207. The van der Waals surface area contributed by atoms with Crippen LogP contribution in [0.5, 0.6) is 0 Å². The van der Waals surface area contributed by atoms with Crippen LogP contribution in [0.3, 0.4) is 0 Å². The van der Waals surface area contributed by atoms with Crippen molar-refractivity contribution in [3.8, 4) is 5.69 Å². The molecule has 0 spiro atoms. The van der Waals surface area contributed by atoms with Crippen LogP contribution in [0.25, 0.3) is 25.9 Å². The number of halogens is 8. The van der Waals surface area contributed by atoms with Gasteiger partial charge in [0.25, 0.3) is 17.5 Å². The highest BCUT2D eigenvalue weighted by molar-refractivity contribution is 7.14. The molecule has 0 aliphatic carbocycles. The quantitative estimate of drug-likeness (QED) is 0.119. The Morgan fingerprint density at radius 1 is 0.904 bits per heavy atom. The first-order valence-corrected chi connectivity index (χ1v) is 15.6. The van der Waals surface area contributed by atoms with E-state index in [2.05, 4.69) is 18.1 Å². The lowest BCUT2D eigenvalue weighted by molar-refractivity contribution is -0.142. The maximum Gasteiger partial charge on any atom is 0.433 e. The topological polar surface area (TPSA) is 190 Å². The van der Waals surface area contributed by atoms with Crippen LogP contribution < -0.4 is 27.5 Å². The Balaban J connectivity index is 0.000000269. The van der Waals surface area contributed by atoms with E-state index in [1.807, 2.05) is 18.2 Å². The molecule has 23 heteroatoms. The molecule has 13 nitrogen and oxygen atoms in total. The zero-order chi connectivity index (χ0) is 38.4. The molecule has 0 saturated heterocycles. The zero-order valence-electron chi connectivity index (χ0n) is 25.8. The van der Waals surface area contributed by atoms with Gasteiger partial charge < -0.3 is 25.1 Å². The summed E-state index contributed by atoms with van der Waals surface area (Å²) < 4.78 is 88.9. The van der Waals surface area contributed by atoms with Crippen molar-refractivity contribution in [3.63, 3.8) is 0 Å². The highest BCUT2D eigenvalue weighted by atomic mass is 35.5. The van der Waals surface area contributed by atoms with Gasteiger partial charge in [0.2, 0.25) is 0 Å². The number of rotatable bonds is 2. The Morgan fingerprint density at radius 2 is 1.42 bits per heavy atom. The molecule has 0 bridgehead atoms. The molecular weight excluding hydrogens is 791 g/mol. The van der Waals surface area contributed by atoms with E-state index in [1.54, 1.807) is 11.1 Å². The number of benzene rings is 2. The molecule has 52 heavy (non-hydrogen) atoms. The lowest BCUT2D eigenvalue weighted by Gasteiger charge is -2.10. The zero-order valence-corrected chi connectivity index (χ0v) is 28.9. The van der Waals surface area contributed by atoms with Gasteiger partial charge in [0.1, 0.15) is 5.69 Å².